The highest BCUT2D eigenvalue weighted by atomic mass is 16.5. The van der Waals surface area contributed by atoms with E-state index >= 15 is 0 Å². The van der Waals surface area contributed by atoms with Crippen molar-refractivity contribution >= 4 is 11.8 Å². The number of nitrogens with zero attached hydrogens (tertiary/aromatic N) is 1. The van der Waals surface area contributed by atoms with Gasteiger partial charge >= 0.3 is 0 Å². The van der Waals surface area contributed by atoms with Crippen molar-refractivity contribution in [2.75, 3.05) is 26.3 Å². The van der Waals surface area contributed by atoms with E-state index in [0.717, 1.165) is 38.7 Å². The number of amides is 2. The normalized spacial score (nSPS) is 21.9. The number of nitrogens with one attached hydrogen (secondary N) is 1. The van der Waals surface area contributed by atoms with Crippen LogP contribution < -0.4 is 5.32 Å². The Bertz CT molecular complexity index is 362. The van der Waals surface area contributed by atoms with Crippen molar-refractivity contribution in [3.63, 3.8) is 0 Å². The largest absolute Gasteiger partial charge is 0.380 e. The van der Waals surface area contributed by atoms with Gasteiger partial charge in [-0.1, -0.05) is 26.7 Å². The number of carbonyl (C=O) groups excluding carboxylic acids is 2. The van der Waals surface area contributed by atoms with Crippen molar-refractivity contribution in [2.45, 2.75) is 51.5 Å². The van der Waals surface area contributed by atoms with Crippen molar-refractivity contribution in [1.82, 2.24) is 10.2 Å². The van der Waals surface area contributed by atoms with Crippen LogP contribution in [0.25, 0.3) is 0 Å². The van der Waals surface area contributed by atoms with E-state index in [9.17, 15) is 9.59 Å². The van der Waals surface area contributed by atoms with Gasteiger partial charge in [0.05, 0.1) is 13.2 Å². The second-order valence-electron chi connectivity index (χ2n) is 6.36. The Kier molecular flexibility index (Phi) is 5.02. The Morgan fingerprint density at radius 2 is 1.95 bits per heavy atom. The number of hydrogen-bond acceptors (Lipinski definition) is 3. The molecule has 1 saturated heterocycles. The van der Waals surface area contributed by atoms with E-state index in [2.05, 4.69) is 19.2 Å². The Hall–Kier alpha value is -1.10. The molecule has 1 N–H and O–H groups in total. The predicted octanol–water partition coefficient (Wildman–Crippen LogP) is 1.32. The van der Waals surface area contributed by atoms with Gasteiger partial charge in [0.15, 0.2) is 0 Å². The summed E-state index contributed by atoms with van der Waals surface area (Å²) in [7, 11) is 0. The fourth-order valence-corrected chi connectivity index (χ4v) is 3.00. The molecule has 1 aliphatic carbocycles. The molecule has 1 saturated carbocycles. The van der Waals surface area contributed by atoms with Crippen molar-refractivity contribution in [3.05, 3.63) is 0 Å². The van der Waals surface area contributed by atoms with E-state index in [1.165, 1.54) is 0 Å². The van der Waals surface area contributed by atoms with E-state index in [1.807, 2.05) is 0 Å². The third-order valence-corrected chi connectivity index (χ3v) is 4.21. The third kappa shape index (κ3) is 3.51. The Morgan fingerprint density at radius 1 is 1.25 bits per heavy atom. The summed E-state index contributed by atoms with van der Waals surface area (Å²) >= 11 is 0. The first kappa shape index (κ1) is 15.3. The lowest BCUT2D eigenvalue weighted by atomic mass is 9.93. The van der Waals surface area contributed by atoms with Gasteiger partial charge in [0.1, 0.15) is 5.54 Å². The van der Waals surface area contributed by atoms with E-state index in [-0.39, 0.29) is 18.4 Å². The molecule has 2 rings (SSSR count). The fourth-order valence-electron chi connectivity index (χ4n) is 3.00. The third-order valence-electron chi connectivity index (χ3n) is 4.21. The lowest BCUT2D eigenvalue weighted by Crippen LogP contribution is -2.65. The molecule has 2 fully saturated rings. The fraction of sp³-hybridized carbons (Fsp3) is 0.867. The summed E-state index contributed by atoms with van der Waals surface area (Å²) in [5, 5.41) is 2.92. The van der Waals surface area contributed by atoms with Crippen molar-refractivity contribution in [2.24, 2.45) is 5.92 Å². The molecule has 114 valence electrons. The standard InChI is InChI=1S/C15H26N2O3/c1-12(2)5-9-20-10-8-17-11-13(18)16-15(14(17)19)6-3-4-7-15/h12H,3-11H2,1-2H3,(H,16,18). The molecule has 2 amide bonds. The van der Waals surface area contributed by atoms with Crippen LogP contribution >= 0.6 is 0 Å². The first-order valence-electron chi connectivity index (χ1n) is 7.72. The molecular weight excluding hydrogens is 256 g/mol. The van der Waals surface area contributed by atoms with E-state index in [0.29, 0.717) is 19.1 Å². The molecule has 0 bridgehead atoms. The van der Waals surface area contributed by atoms with Crippen molar-refractivity contribution in [1.29, 1.82) is 0 Å². The molecule has 1 aliphatic heterocycles. The molecule has 1 spiro atoms. The first-order valence-corrected chi connectivity index (χ1v) is 7.72. The summed E-state index contributed by atoms with van der Waals surface area (Å²) in [6, 6.07) is 0. The Balaban J connectivity index is 1.81. The Morgan fingerprint density at radius 3 is 2.60 bits per heavy atom. The predicted molar refractivity (Wildman–Crippen MR) is 76.2 cm³/mol. The van der Waals surface area contributed by atoms with Gasteiger partial charge in [-0.25, -0.2) is 0 Å². The van der Waals surface area contributed by atoms with Crippen LogP contribution in [0.3, 0.4) is 0 Å². The number of carbonyl (C=O) groups is 2. The van der Waals surface area contributed by atoms with Gasteiger partial charge in [-0.15, -0.1) is 0 Å². The minimum atomic E-state index is -0.604. The van der Waals surface area contributed by atoms with Crippen LogP contribution in [0.2, 0.25) is 0 Å². The highest BCUT2D eigenvalue weighted by molar-refractivity contribution is 5.98. The number of hydrogen-bond donors (Lipinski definition) is 1. The van der Waals surface area contributed by atoms with Crippen LogP contribution in [0.15, 0.2) is 0 Å². The van der Waals surface area contributed by atoms with Gasteiger partial charge in [0, 0.05) is 13.2 Å². The summed E-state index contributed by atoms with van der Waals surface area (Å²) < 4.78 is 5.56. The summed E-state index contributed by atoms with van der Waals surface area (Å²) in [6.07, 6.45) is 4.62. The van der Waals surface area contributed by atoms with Crippen LogP contribution in [-0.4, -0.2) is 48.6 Å². The van der Waals surface area contributed by atoms with Crippen LogP contribution in [0.4, 0.5) is 0 Å². The van der Waals surface area contributed by atoms with E-state index < -0.39 is 5.54 Å². The number of piperazine rings is 1. The minimum Gasteiger partial charge on any atom is -0.380 e. The molecule has 0 aromatic carbocycles. The topological polar surface area (TPSA) is 58.6 Å². The maximum absolute atomic E-state index is 12.5. The van der Waals surface area contributed by atoms with Crippen LogP contribution in [-0.2, 0) is 14.3 Å². The molecule has 5 nitrogen and oxygen atoms in total. The van der Waals surface area contributed by atoms with Gasteiger partial charge in [0.2, 0.25) is 11.8 Å². The maximum atomic E-state index is 12.5. The maximum Gasteiger partial charge on any atom is 0.248 e. The molecular formula is C15H26N2O3. The van der Waals surface area contributed by atoms with Crippen LogP contribution in [0.1, 0.15) is 46.0 Å². The van der Waals surface area contributed by atoms with E-state index in [1.54, 1.807) is 4.90 Å². The second-order valence-corrected chi connectivity index (χ2v) is 6.36. The lowest BCUT2D eigenvalue weighted by Gasteiger charge is -2.39. The molecule has 2 aliphatic rings. The van der Waals surface area contributed by atoms with Gasteiger partial charge in [0.25, 0.3) is 0 Å². The first-order chi connectivity index (χ1) is 9.53. The van der Waals surface area contributed by atoms with Gasteiger partial charge in [-0.05, 0) is 25.2 Å². The molecule has 5 heteroatoms. The summed E-state index contributed by atoms with van der Waals surface area (Å²) in [5.41, 5.74) is -0.604. The zero-order valence-corrected chi connectivity index (χ0v) is 12.6. The summed E-state index contributed by atoms with van der Waals surface area (Å²) in [6.45, 7) is 6.25. The van der Waals surface area contributed by atoms with Crippen LogP contribution in [0.5, 0.6) is 0 Å². The lowest BCUT2D eigenvalue weighted by molar-refractivity contribution is -0.150. The number of rotatable bonds is 6. The monoisotopic (exact) mass is 282 g/mol. The highest BCUT2D eigenvalue weighted by Gasteiger charge is 2.47. The average Bonchev–Trinajstić information content (AvgIpc) is 2.83. The molecule has 0 radical (unpaired) electrons. The summed E-state index contributed by atoms with van der Waals surface area (Å²) in [4.78, 5) is 26.0. The van der Waals surface area contributed by atoms with Gasteiger partial charge < -0.3 is 15.0 Å². The van der Waals surface area contributed by atoms with Crippen molar-refractivity contribution < 1.29 is 14.3 Å². The zero-order valence-electron chi connectivity index (χ0n) is 12.6. The minimum absolute atomic E-state index is 0.0336. The molecule has 0 unspecified atom stereocenters. The van der Waals surface area contributed by atoms with Gasteiger partial charge in [-0.3, -0.25) is 9.59 Å². The molecule has 0 aromatic heterocycles. The zero-order chi connectivity index (χ0) is 14.6. The van der Waals surface area contributed by atoms with E-state index in [4.69, 9.17) is 4.74 Å². The molecule has 20 heavy (non-hydrogen) atoms. The van der Waals surface area contributed by atoms with Gasteiger partial charge in [-0.2, -0.15) is 0 Å². The second kappa shape index (κ2) is 6.57. The Labute approximate surface area is 121 Å². The SMILES string of the molecule is CC(C)CCOCCN1CC(=O)NC2(CCCC2)C1=O. The average molecular weight is 282 g/mol. The van der Waals surface area contributed by atoms with Crippen molar-refractivity contribution in [3.8, 4) is 0 Å². The molecule has 0 aromatic rings. The van der Waals surface area contributed by atoms with Crippen LogP contribution in [0, 0.1) is 5.92 Å². The smallest absolute Gasteiger partial charge is 0.248 e. The highest BCUT2D eigenvalue weighted by Crippen LogP contribution is 2.33. The molecule has 0 atom stereocenters. The quantitative estimate of drug-likeness (QED) is 0.748. The summed E-state index contributed by atoms with van der Waals surface area (Å²) in [5.74, 6) is 0.676. The molecule has 1 heterocycles. The number of ether oxygens (including phenoxy) is 1.